The van der Waals surface area contributed by atoms with Crippen molar-refractivity contribution >= 4 is 24.7 Å². The third kappa shape index (κ3) is 18.1. The third-order valence-electron chi connectivity index (χ3n) is 2.85. The van der Waals surface area contributed by atoms with Gasteiger partial charge in [-0.3, -0.25) is 9.32 Å². The maximum absolute atomic E-state index is 10.7. The van der Waals surface area contributed by atoms with Crippen LogP contribution in [-0.2, 0) is 13.9 Å². The van der Waals surface area contributed by atoms with Crippen molar-refractivity contribution in [2.75, 3.05) is 12.4 Å². The summed E-state index contributed by atoms with van der Waals surface area (Å²) in [4.78, 5) is 27.6. The molecule has 0 aromatic rings. The lowest BCUT2D eigenvalue weighted by Crippen LogP contribution is -1.92. The molecule has 0 rings (SSSR count). The number of hydrogen-bond acceptors (Lipinski definition) is 4. The van der Waals surface area contributed by atoms with Crippen molar-refractivity contribution in [3.63, 3.8) is 0 Å². The summed E-state index contributed by atoms with van der Waals surface area (Å²) in [5.74, 6) is 0.939. The van der Waals surface area contributed by atoms with Gasteiger partial charge in [-0.15, -0.1) is 0 Å². The van der Waals surface area contributed by atoms with E-state index in [2.05, 4.69) is 4.52 Å². The minimum atomic E-state index is -4.27. The SMILES string of the molecule is CC(=O)SCCCCCCCCCCCOP(=O)(O)O. The second-order valence-corrected chi connectivity index (χ2v) is 7.36. The van der Waals surface area contributed by atoms with Gasteiger partial charge in [0, 0.05) is 12.7 Å². The fourth-order valence-corrected chi connectivity index (χ4v) is 2.84. The van der Waals surface area contributed by atoms with E-state index in [9.17, 15) is 9.36 Å². The Labute approximate surface area is 126 Å². The lowest BCUT2D eigenvalue weighted by atomic mass is 10.1. The first-order valence-corrected chi connectivity index (χ1v) is 9.77. The number of phosphoric acid groups is 1. The highest BCUT2D eigenvalue weighted by atomic mass is 32.2. The van der Waals surface area contributed by atoms with Gasteiger partial charge >= 0.3 is 7.82 Å². The van der Waals surface area contributed by atoms with Crippen molar-refractivity contribution < 1.29 is 23.7 Å². The van der Waals surface area contributed by atoms with Crippen molar-refractivity contribution in [1.29, 1.82) is 0 Å². The zero-order chi connectivity index (χ0) is 15.3. The molecule has 2 N–H and O–H groups in total. The summed E-state index contributed by atoms with van der Waals surface area (Å²) < 4.78 is 14.8. The fraction of sp³-hybridized carbons (Fsp3) is 0.923. The average Bonchev–Trinajstić information content (AvgIpc) is 2.33. The minimum absolute atomic E-state index is 0.137. The zero-order valence-electron chi connectivity index (χ0n) is 12.3. The monoisotopic (exact) mass is 326 g/mol. The van der Waals surface area contributed by atoms with E-state index in [0.717, 1.165) is 31.4 Å². The molecule has 5 nitrogen and oxygen atoms in total. The highest BCUT2D eigenvalue weighted by Gasteiger charge is 2.12. The van der Waals surface area contributed by atoms with Crippen LogP contribution in [-0.4, -0.2) is 27.3 Å². The van der Waals surface area contributed by atoms with E-state index in [4.69, 9.17) is 9.79 Å². The molecule has 7 heteroatoms. The molecular formula is C13H27O5PS. The standard InChI is InChI=1S/C13H27O5PS/c1-13(14)20-12-10-8-6-4-2-3-5-7-9-11-18-19(15,16)17/h2-12H2,1H3,(H2,15,16,17). The van der Waals surface area contributed by atoms with E-state index < -0.39 is 7.82 Å². The summed E-state index contributed by atoms with van der Waals surface area (Å²) in [6, 6.07) is 0. The van der Waals surface area contributed by atoms with Crippen LogP contribution in [0.5, 0.6) is 0 Å². The van der Waals surface area contributed by atoms with Crippen LogP contribution in [0.2, 0.25) is 0 Å². The molecule has 0 saturated carbocycles. The van der Waals surface area contributed by atoms with Crippen molar-refractivity contribution in [2.45, 2.75) is 64.7 Å². The van der Waals surface area contributed by atoms with Crippen LogP contribution >= 0.6 is 19.6 Å². The van der Waals surface area contributed by atoms with Crippen LogP contribution in [0, 0.1) is 0 Å². The van der Waals surface area contributed by atoms with Gasteiger partial charge in [-0.25, -0.2) is 4.57 Å². The van der Waals surface area contributed by atoms with Gasteiger partial charge in [0.25, 0.3) is 0 Å². The predicted molar refractivity (Wildman–Crippen MR) is 82.7 cm³/mol. The van der Waals surface area contributed by atoms with Crippen LogP contribution in [0.4, 0.5) is 0 Å². The van der Waals surface area contributed by atoms with Gasteiger partial charge < -0.3 is 9.79 Å². The van der Waals surface area contributed by atoms with Gasteiger partial charge in [-0.2, -0.15) is 0 Å². The summed E-state index contributed by atoms with van der Waals surface area (Å²) in [6.07, 6.45) is 9.87. The zero-order valence-corrected chi connectivity index (χ0v) is 14.0. The molecule has 0 unspecified atom stereocenters. The first kappa shape index (κ1) is 20.1. The van der Waals surface area contributed by atoms with Crippen LogP contribution < -0.4 is 0 Å². The number of unbranched alkanes of at least 4 members (excludes halogenated alkanes) is 8. The molecule has 20 heavy (non-hydrogen) atoms. The molecule has 0 aromatic carbocycles. The average molecular weight is 326 g/mol. The van der Waals surface area contributed by atoms with Gasteiger partial charge in [0.05, 0.1) is 6.61 Å². The van der Waals surface area contributed by atoms with Gasteiger partial charge in [-0.05, 0) is 12.8 Å². The summed E-state index contributed by atoms with van der Waals surface area (Å²) in [5, 5.41) is 0.202. The molecule has 0 fully saturated rings. The quantitative estimate of drug-likeness (QED) is 0.395. The smallest absolute Gasteiger partial charge is 0.303 e. The Balaban J connectivity index is 3.06. The van der Waals surface area contributed by atoms with Gasteiger partial charge in [0.1, 0.15) is 0 Å². The van der Waals surface area contributed by atoms with E-state index >= 15 is 0 Å². The predicted octanol–water partition coefficient (Wildman–Crippen LogP) is 3.89. The Bertz CT molecular complexity index is 292. The van der Waals surface area contributed by atoms with E-state index in [1.165, 1.54) is 37.4 Å². The van der Waals surface area contributed by atoms with Crippen molar-refractivity contribution in [3.8, 4) is 0 Å². The highest BCUT2D eigenvalue weighted by Crippen LogP contribution is 2.35. The molecule has 0 spiro atoms. The van der Waals surface area contributed by atoms with Crippen LogP contribution in [0.25, 0.3) is 0 Å². The van der Waals surface area contributed by atoms with Gasteiger partial charge in [-0.1, -0.05) is 56.7 Å². The Kier molecular flexibility index (Phi) is 12.9. The third-order valence-corrected chi connectivity index (χ3v) is 4.27. The van der Waals surface area contributed by atoms with Gasteiger partial charge in [0.2, 0.25) is 0 Å². The summed E-state index contributed by atoms with van der Waals surface area (Å²) in [7, 11) is -4.27. The molecule has 0 bridgehead atoms. The summed E-state index contributed by atoms with van der Waals surface area (Å²) >= 11 is 1.41. The fourth-order valence-electron chi connectivity index (χ4n) is 1.84. The summed E-state index contributed by atoms with van der Waals surface area (Å²) in [6.45, 7) is 1.74. The first-order chi connectivity index (χ1) is 9.42. The topological polar surface area (TPSA) is 83.8 Å². The Morgan fingerprint density at radius 2 is 1.40 bits per heavy atom. The Morgan fingerprint density at radius 1 is 0.950 bits per heavy atom. The number of carbonyl (C=O) groups excluding carboxylic acids is 1. The Hall–Kier alpha value is 0.130. The molecule has 0 aliphatic carbocycles. The number of phosphoric ester groups is 1. The number of thioether (sulfide) groups is 1. The van der Waals surface area contributed by atoms with E-state index in [1.807, 2.05) is 0 Å². The van der Waals surface area contributed by atoms with Crippen LogP contribution in [0.3, 0.4) is 0 Å². The van der Waals surface area contributed by atoms with Crippen LogP contribution in [0.1, 0.15) is 64.7 Å². The molecule has 0 saturated heterocycles. The molecular weight excluding hydrogens is 299 g/mol. The van der Waals surface area contributed by atoms with E-state index in [0.29, 0.717) is 6.42 Å². The molecule has 0 atom stereocenters. The van der Waals surface area contributed by atoms with E-state index in [-0.39, 0.29) is 11.7 Å². The lowest BCUT2D eigenvalue weighted by molar-refractivity contribution is -0.109. The molecule has 0 radical (unpaired) electrons. The number of hydrogen-bond donors (Lipinski definition) is 2. The largest absolute Gasteiger partial charge is 0.469 e. The highest BCUT2D eigenvalue weighted by molar-refractivity contribution is 8.13. The minimum Gasteiger partial charge on any atom is -0.303 e. The molecule has 0 amide bonds. The van der Waals surface area contributed by atoms with E-state index in [1.54, 1.807) is 6.92 Å². The van der Waals surface area contributed by atoms with Crippen LogP contribution in [0.15, 0.2) is 0 Å². The van der Waals surface area contributed by atoms with Gasteiger partial charge in [0.15, 0.2) is 5.12 Å². The lowest BCUT2D eigenvalue weighted by Gasteiger charge is -2.05. The molecule has 0 aliphatic heterocycles. The maximum Gasteiger partial charge on any atom is 0.469 e. The van der Waals surface area contributed by atoms with Crippen molar-refractivity contribution in [2.24, 2.45) is 0 Å². The molecule has 0 aliphatic rings. The normalized spacial score (nSPS) is 11.8. The van der Waals surface area contributed by atoms with Crippen molar-refractivity contribution in [3.05, 3.63) is 0 Å². The molecule has 120 valence electrons. The Morgan fingerprint density at radius 3 is 1.85 bits per heavy atom. The number of rotatable bonds is 13. The molecule has 0 heterocycles. The number of carbonyl (C=O) groups is 1. The maximum atomic E-state index is 10.7. The molecule has 0 aromatic heterocycles. The summed E-state index contributed by atoms with van der Waals surface area (Å²) in [5.41, 5.74) is 0. The first-order valence-electron chi connectivity index (χ1n) is 7.25. The second kappa shape index (κ2) is 12.8. The van der Waals surface area contributed by atoms with Crippen molar-refractivity contribution in [1.82, 2.24) is 0 Å². The second-order valence-electron chi connectivity index (χ2n) is 4.85.